The van der Waals surface area contributed by atoms with Crippen LogP contribution in [0.4, 0.5) is 13.2 Å². The monoisotopic (exact) mass is 202 g/mol. The van der Waals surface area contributed by atoms with Crippen LogP contribution in [-0.4, -0.2) is 5.78 Å². The van der Waals surface area contributed by atoms with Crippen LogP contribution in [0.2, 0.25) is 0 Å². The van der Waals surface area contributed by atoms with E-state index in [0.717, 1.165) is 0 Å². The number of hydrogen-bond donors (Lipinski definition) is 0. The Morgan fingerprint density at radius 2 is 1.71 bits per heavy atom. The second-order valence-electron chi connectivity index (χ2n) is 2.92. The second kappa shape index (κ2) is 4.26. The lowest BCUT2D eigenvalue weighted by Crippen LogP contribution is -2.04. The smallest absolute Gasteiger partial charge is 0.165 e. The Morgan fingerprint density at radius 1 is 1.14 bits per heavy atom. The minimum Gasteiger partial charge on any atom is -0.294 e. The van der Waals surface area contributed by atoms with Gasteiger partial charge in [0.05, 0.1) is 5.56 Å². The average Bonchev–Trinajstić information content (AvgIpc) is 2.11. The molecule has 0 bridgehead atoms. The van der Waals surface area contributed by atoms with Gasteiger partial charge in [-0.05, 0) is 12.5 Å². The van der Waals surface area contributed by atoms with Crippen molar-refractivity contribution >= 4 is 5.78 Å². The standard InChI is InChI=1S/C10H9F3O/c1-2-3-10(14)6-4-8(12)9(13)5-7(6)11/h4-5H,2-3H2,1H3. The highest BCUT2D eigenvalue weighted by Crippen LogP contribution is 2.15. The lowest BCUT2D eigenvalue weighted by Gasteiger charge is -2.01. The molecular formula is C10H9F3O. The van der Waals surface area contributed by atoms with Gasteiger partial charge in [0.2, 0.25) is 0 Å². The van der Waals surface area contributed by atoms with Gasteiger partial charge < -0.3 is 0 Å². The lowest BCUT2D eigenvalue weighted by atomic mass is 10.1. The van der Waals surface area contributed by atoms with Gasteiger partial charge in [0, 0.05) is 12.5 Å². The fourth-order valence-corrected chi connectivity index (χ4v) is 1.10. The lowest BCUT2D eigenvalue weighted by molar-refractivity contribution is 0.0977. The zero-order chi connectivity index (χ0) is 10.7. The number of benzene rings is 1. The van der Waals surface area contributed by atoms with E-state index in [1.54, 1.807) is 6.92 Å². The SMILES string of the molecule is CCCC(=O)c1cc(F)c(F)cc1F. The summed E-state index contributed by atoms with van der Waals surface area (Å²) in [6.07, 6.45) is 0.666. The van der Waals surface area contributed by atoms with Gasteiger partial charge in [-0.15, -0.1) is 0 Å². The molecule has 1 rings (SSSR count). The molecule has 0 unspecified atom stereocenters. The van der Waals surface area contributed by atoms with Gasteiger partial charge in [0.15, 0.2) is 17.4 Å². The molecule has 0 amide bonds. The van der Waals surface area contributed by atoms with Crippen molar-refractivity contribution in [2.24, 2.45) is 0 Å². The molecule has 0 aliphatic rings. The van der Waals surface area contributed by atoms with E-state index in [0.29, 0.717) is 18.6 Å². The highest BCUT2D eigenvalue weighted by Gasteiger charge is 2.14. The Kier molecular flexibility index (Phi) is 3.28. The van der Waals surface area contributed by atoms with E-state index in [1.165, 1.54) is 0 Å². The molecule has 0 spiro atoms. The molecule has 0 fully saturated rings. The van der Waals surface area contributed by atoms with Crippen LogP contribution >= 0.6 is 0 Å². The first-order chi connectivity index (χ1) is 6.56. The number of ketones is 1. The van der Waals surface area contributed by atoms with E-state index < -0.39 is 23.2 Å². The van der Waals surface area contributed by atoms with E-state index in [9.17, 15) is 18.0 Å². The maximum absolute atomic E-state index is 13.0. The van der Waals surface area contributed by atoms with Crippen LogP contribution in [0.5, 0.6) is 0 Å². The molecule has 0 radical (unpaired) electrons. The van der Waals surface area contributed by atoms with Gasteiger partial charge in [0.1, 0.15) is 5.82 Å². The molecule has 0 saturated heterocycles. The number of halogens is 3. The molecule has 76 valence electrons. The summed E-state index contributed by atoms with van der Waals surface area (Å²) in [7, 11) is 0. The van der Waals surface area contributed by atoms with Gasteiger partial charge in [0.25, 0.3) is 0 Å². The zero-order valence-electron chi connectivity index (χ0n) is 7.61. The molecule has 4 heteroatoms. The van der Waals surface area contributed by atoms with Crippen LogP contribution < -0.4 is 0 Å². The predicted molar refractivity (Wildman–Crippen MR) is 45.6 cm³/mol. The fourth-order valence-electron chi connectivity index (χ4n) is 1.10. The van der Waals surface area contributed by atoms with Gasteiger partial charge in [-0.3, -0.25) is 4.79 Å². The second-order valence-corrected chi connectivity index (χ2v) is 2.92. The Bertz CT molecular complexity index is 361. The Balaban J connectivity index is 3.09. The summed E-state index contributed by atoms with van der Waals surface area (Å²) in [5, 5.41) is 0. The van der Waals surface area contributed by atoms with Crippen LogP contribution in [0.1, 0.15) is 30.1 Å². The first kappa shape index (κ1) is 10.8. The highest BCUT2D eigenvalue weighted by atomic mass is 19.2. The normalized spacial score (nSPS) is 10.3. The number of rotatable bonds is 3. The molecule has 0 aromatic heterocycles. The van der Waals surface area contributed by atoms with E-state index in [4.69, 9.17) is 0 Å². The quantitative estimate of drug-likeness (QED) is 0.543. The van der Waals surface area contributed by atoms with Crippen molar-refractivity contribution in [2.75, 3.05) is 0 Å². The van der Waals surface area contributed by atoms with Crippen LogP contribution in [0.3, 0.4) is 0 Å². The van der Waals surface area contributed by atoms with E-state index in [-0.39, 0.29) is 12.0 Å². The number of hydrogen-bond acceptors (Lipinski definition) is 1. The molecule has 0 aliphatic carbocycles. The number of Topliss-reactive ketones (excluding diaryl/α,β-unsaturated/α-hetero) is 1. The third-order valence-corrected chi connectivity index (χ3v) is 1.79. The molecule has 0 atom stereocenters. The minimum atomic E-state index is -1.28. The average molecular weight is 202 g/mol. The van der Waals surface area contributed by atoms with Gasteiger partial charge in [-0.1, -0.05) is 6.92 Å². The molecule has 0 N–H and O–H groups in total. The Labute approximate surface area is 79.5 Å². The van der Waals surface area contributed by atoms with Crippen LogP contribution in [0, 0.1) is 17.5 Å². The van der Waals surface area contributed by atoms with E-state index in [1.807, 2.05) is 0 Å². The van der Waals surface area contributed by atoms with Gasteiger partial charge >= 0.3 is 0 Å². The van der Waals surface area contributed by atoms with Crippen molar-refractivity contribution in [2.45, 2.75) is 19.8 Å². The summed E-state index contributed by atoms with van der Waals surface area (Å²) in [6, 6.07) is 0.987. The summed E-state index contributed by atoms with van der Waals surface area (Å²) in [4.78, 5) is 11.2. The first-order valence-corrected chi connectivity index (χ1v) is 4.24. The summed E-state index contributed by atoms with van der Waals surface area (Å²) in [5.74, 6) is -4.01. The summed E-state index contributed by atoms with van der Waals surface area (Å²) in [5.41, 5.74) is -0.384. The van der Waals surface area contributed by atoms with Gasteiger partial charge in [-0.2, -0.15) is 0 Å². The first-order valence-electron chi connectivity index (χ1n) is 4.24. The maximum atomic E-state index is 13.0. The summed E-state index contributed by atoms with van der Waals surface area (Å²) < 4.78 is 38.1. The molecule has 1 nitrogen and oxygen atoms in total. The van der Waals surface area contributed by atoms with E-state index >= 15 is 0 Å². The van der Waals surface area contributed by atoms with Crippen molar-refractivity contribution in [3.8, 4) is 0 Å². The number of carbonyl (C=O) groups is 1. The predicted octanol–water partition coefficient (Wildman–Crippen LogP) is 3.09. The molecule has 0 saturated carbocycles. The molecule has 14 heavy (non-hydrogen) atoms. The molecule has 1 aromatic rings. The fraction of sp³-hybridized carbons (Fsp3) is 0.300. The Morgan fingerprint density at radius 3 is 2.29 bits per heavy atom. The molecule has 0 heterocycles. The summed E-state index contributed by atoms with van der Waals surface area (Å²) >= 11 is 0. The van der Waals surface area contributed by atoms with Crippen molar-refractivity contribution in [3.63, 3.8) is 0 Å². The number of carbonyl (C=O) groups excluding carboxylic acids is 1. The third kappa shape index (κ3) is 2.13. The molecule has 1 aromatic carbocycles. The topological polar surface area (TPSA) is 17.1 Å². The Hall–Kier alpha value is -1.32. The molecular weight excluding hydrogens is 193 g/mol. The largest absolute Gasteiger partial charge is 0.294 e. The van der Waals surface area contributed by atoms with E-state index in [2.05, 4.69) is 0 Å². The maximum Gasteiger partial charge on any atom is 0.165 e. The summed E-state index contributed by atoms with van der Waals surface area (Å²) in [6.45, 7) is 1.75. The third-order valence-electron chi connectivity index (χ3n) is 1.79. The van der Waals surface area contributed by atoms with Crippen LogP contribution in [0.15, 0.2) is 12.1 Å². The zero-order valence-corrected chi connectivity index (χ0v) is 7.61. The minimum absolute atomic E-state index is 0.127. The van der Waals surface area contributed by atoms with Crippen molar-refractivity contribution in [3.05, 3.63) is 35.1 Å². The van der Waals surface area contributed by atoms with Crippen molar-refractivity contribution in [1.82, 2.24) is 0 Å². The van der Waals surface area contributed by atoms with Crippen LogP contribution in [-0.2, 0) is 0 Å². The van der Waals surface area contributed by atoms with Crippen molar-refractivity contribution in [1.29, 1.82) is 0 Å². The highest BCUT2D eigenvalue weighted by molar-refractivity contribution is 5.96. The molecule has 0 aliphatic heterocycles. The van der Waals surface area contributed by atoms with Crippen molar-refractivity contribution < 1.29 is 18.0 Å². The van der Waals surface area contributed by atoms with Crippen LogP contribution in [0.25, 0.3) is 0 Å². The van der Waals surface area contributed by atoms with Gasteiger partial charge in [-0.25, -0.2) is 13.2 Å².